The molecule has 0 bridgehead atoms. The van der Waals surface area contributed by atoms with E-state index in [1.165, 1.54) is 102 Å². The van der Waals surface area contributed by atoms with Gasteiger partial charge in [0, 0.05) is 0 Å². The van der Waals surface area contributed by atoms with Gasteiger partial charge in [0.05, 0.1) is 5.41 Å². The largest absolute Gasteiger partial charge is 0.481 e. The molecule has 208 valence electrons. The van der Waals surface area contributed by atoms with Gasteiger partial charge in [-0.1, -0.05) is 115 Å². The van der Waals surface area contributed by atoms with Crippen LogP contribution in [-0.2, 0) is 16.6 Å². The highest BCUT2D eigenvalue weighted by molar-refractivity contribution is 5.81. The molecule has 0 heterocycles. The second-order valence-corrected chi connectivity index (χ2v) is 13.4. The number of unbranched alkanes of at least 4 members (excludes halogenated alkanes) is 2. The highest BCUT2D eigenvalue weighted by Crippen LogP contribution is 2.47. The summed E-state index contributed by atoms with van der Waals surface area (Å²) in [5, 5.41) is 10.4. The number of aryl methyl sites for hydroxylation is 1. The van der Waals surface area contributed by atoms with Crippen molar-refractivity contribution in [2.45, 2.75) is 148 Å². The van der Waals surface area contributed by atoms with Crippen LogP contribution in [0.15, 0.2) is 24.3 Å². The lowest BCUT2D eigenvalue weighted by atomic mass is 9.62. The number of rotatable bonds is 12. The molecule has 2 heteroatoms. The second-order valence-electron chi connectivity index (χ2n) is 13.4. The molecule has 0 aromatic heterocycles. The molecule has 3 aliphatic carbocycles. The molecule has 1 N–H and O–H groups in total. The minimum absolute atomic E-state index is 0.595. The summed E-state index contributed by atoms with van der Waals surface area (Å²) in [4.78, 5) is 12.6. The lowest BCUT2D eigenvalue weighted by Gasteiger charge is -2.42. The van der Waals surface area contributed by atoms with Crippen LogP contribution in [0.5, 0.6) is 0 Å². The number of aliphatic carboxylic acids is 1. The van der Waals surface area contributed by atoms with Crippen molar-refractivity contribution < 1.29 is 9.90 Å². The van der Waals surface area contributed by atoms with Crippen molar-refractivity contribution in [2.75, 3.05) is 0 Å². The summed E-state index contributed by atoms with van der Waals surface area (Å²) in [6, 6.07) is 8.83. The summed E-state index contributed by atoms with van der Waals surface area (Å²) in [5.74, 6) is 3.82. The molecule has 37 heavy (non-hydrogen) atoms. The highest BCUT2D eigenvalue weighted by Gasteiger charge is 2.45. The number of carbonyl (C=O) groups is 1. The zero-order valence-electron chi connectivity index (χ0n) is 24.2. The zero-order valence-corrected chi connectivity index (χ0v) is 24.2. The number of carboxylic acids is 1. The average Bonchev–Trinajstić information content (AvgIpc) is 2.94. The second kappa shape index (κ2) is 14.2. The Hall–Kier alpha value is -1.31. The quantitative estimate of drug-likeness (QED) is 0.285. The molecule has 0 aliphatic heterocycles. The van der Waals surface area contributed by atoms with Crippen molar-refractivity contribution in [1.82, 2.24) is 0 Å². The Morgan fingerprint density at radius 3 is 1.81 bits per heavy atom. The molecule has 0 saturated heterocycles. The standard InChI is InChI=1S/C35H56O2/c1-3-5-6-8-28-15-19-31(20-16-28)32-23-25-35(26-24-32,34(36)37)33-21-17-30(18-22-33)14-13-29-11-9-27(7-4-2)10-12-29/h17-18,21-22,27-29,31-32H,3-16,19-20,23-26H2,1-2H3,(H,36,37). The van der Waals surface area contributed by atoms with E-state index in [2.05, 4.69) is 38.1 Å². The van der Waals surface area contributed by atoms with Gasteiger partial charge in [0.15, 0.2) is 0 Å². The van der Waals surface area contributed by atoms with Crippen molar-refractivity contribution in [3.05, 3.63) is 35.4 Å². The van der Waals surface area contributed by atoms with Crippen LogP contribution in [0.2, 0.25) is 0 Å². The molecule has 3 fully saturated rings. The fraction of sp³-hybridized carbons (Fsp3) is 0.800. The monoisotopic (exact) mass is 508 g/mol. The highest BCUT2D eigenvalue weighted by atomic mass is 16.4. The molecule has 0 atom stereocenters. The van der Waals surface area contributed by atoms with Crippen molar-refractivity contribution in [3.63, 3.8) is 0 Å². The van der Waals surface area contributed by atoms with E-state index in [1.807, 2.05) is 0 Å². The Bertz CT molecular complexity index is 787. The molecule has 1 aromatic carbocycles. The first-order valence-electron chi connectivity index (χ1n) is 16.4. The molecule has 0 amide bonds. The molecular formula is C35H56O2. The molecular weight excluding hydrogens is 452 g/mol. The van der Waals surface area contributed by atoms with Gasteiger partial charge in [0.1, 0.15) is 0 Å². The van der Waals surface area contributed by atoms with E-state index >= 15 is 0 Å². The predicted octanol–water partition coefficient (Wildman–Crippen LogP) is 10.1. The maximum atomic E-state index is 12.6. The molecule has 3 saturated carbocycles. The van der Waals surface area contributed by atoms with Crippen molar-refractivity contribution >= 4 is 5.97 Å². The zero-order chi connectivity index (χ0) is 26.1. The first-order valence-corrected chi connectivity index (χ1v) is 16.4. The Morgan fingerprint density at radius 2 is 1.24 bits per heavy atom. The Labute approximate surface area is 228 Å². The van der Waals surface area contributed by atoms with Gasteiger partial charge in [-0.15, -0.1) is 0 Å². The first kappa shape index (κ1) is 28.7. The normalized spacial score (nSPS) is 32.8. The third-order valence-corrected chi connectivity index (χ3v) is 11.1. The predicted molar refractivity (Wildman–Crippen MR) is 156 cm³/mol. The molecule has 0 unspecified atom stereocenters. The third-order valence-electron chi connectivity index (χ3n) is 11.1. The van der Waals surface area contributed by atoms with Gasteiger partial charge in [0.2, 0.25) is 0 Å². The number of carboxylic acid groups (broad SMARTS) is 1. The van der Waals surface area contributed by atoms with E-state index in [-0.39, 0.29) is 0 Å². The summed E-state index contributed by atoms with van der Waals surface area (Å²) < 4.78 is 0. The SMILES string of the molecule is CCCCCC1CCC(C2CCC(C(=O)O)(c3ccc(CCC4CCC(CCC)CC4)cc3)CC2)CC1. The maximum Gasteiger partial charge on any atom is 0.314 e. The third kappa shape index (κ3) is 7.63. The Morgan fingerprint density at radius 1 is 0.703 bits per heavy atom. The molecule has 0 radical (unpaired) electrons. The van der Waals surface area contributed by atoms with Crippen LogP contribution in [0.4, 0.5) is 0 Å². The van der Waals surface area contributed by atoms with Gasteiger partial charge in [0.25, 0.3) is 0 Å². The first-order chi connectivity index (χ1) is 18.0. The molecule has 4 rings (SSSR count). The Balaban J connectivity index is 1.25. The van der Waals surface area contributed by atoms with E-state index < -0.39 is 11.4 Å². The van der Waals surface area contributed by atoms with Gasteiger partial charge in [-0.05, 0) is 92.1 Å². The minimum atomic E-state index is -0.663. The molecule has 1 aromatic rings. The summed E-state index contributed by atoms with van der Waals surface area (Å²) in [7, 11) is 0. The van der Waals surface area contributed by atoms with Gasteiger partial charge in [-0.2, -0.15) is 0 Å². The number of hydrogen-bond acceptors (Lipinski definition) is 1. The lowest BCUT2D eigenvalue weighted by Crippen LogP contribution is -2.41. The van der Waals surface area contributed by atoms with Gasteiger partial charge >= 0.3 is 5.97 Å². The smallest absolute Gasteiger partial charge is 0.314 e. The summed E-state index contributed by atoms with van der Waals surface area (Å²) in [5.41, 5.74) is 1.79. The molecule has 2 nitrogen and oxygen atoms in total. The van der Waals surface area contributed by atoms with Crippen molar-refractivity contribution in [1.29, 1.82) is 0 Å². The van der Waals surface area contributed by atoms with Crippen molar-refractivity contribution in [2.24, 2.45) is 29.6 Å². The number of hydrogen-bond donors (Lipinski definition) is 1. The van der Waals surface area contributed by atoms with E-state index in [9.17, 15) is 9.90 Å². The van der Waals surface area contributed by atoms with Gasteiger partial charge in [-0.3, -0.25) is 4.79 Å². The van der Waals surface area contributed by atoms with E-state index in [4.69, 9.17) is 0 Å². The minimum Gasteiger partial charge on any atom is -0.481 e. The van der Waals surface area contributed by atoms with E-state index in [0.717, 1.165) is 67.3 Å². The summed E-state index contributed by atoms with van der Waals surface area (Å²) in [6.45, 7) is 4.61. The van der Waals surface area contributed by atoms with Crippen LogP contribution in [0.25, 0.3) is 0 Å². The molecule has 0 spiro atoms. The maximum absolute atomic E-state index is 12.6. The fourth-order valence-corrected chi connectivity index (χ4v) is 8.44. The average molecular weight is 509 g/mol. The lowest BCUT2D eigenvalue weighted by molar-refractivity contribution is -0.146. The van der Waals surface area contributed by atoms with Crippen LogP contribution < -0.4 is 0 Å². The van der Waals surface area contributed by atoms with Gasteiger partial charge in [-0.25, -0.2) is 0 Å². The van der Waals surface area contributed by atoms with E-state index in [0.29, 0.717) is 0 Å². The molecule has 3 aliphatic rings. The van der Waals surface area contributed by atoms with Crippen LogP contribution >= 0.6 is 0 Å². The topological polar surface area (TPSA) is 37.3 Å². The van der Waals surface area contributed by atoms with Crippen LogP contribution in [-0.4, -0.2) is 11.1 Å². The van der Waals surface area contributed by atoms with Crippen LogP contribution in [0, 0.1) is 29.6 Å². The number of benzene rings is 1. The summed E-state index contributed by atoms with van der Waals surface area (Å²) in [6.07, 6.45) is 25.9. The fourth-order valence-electron chi connectivity index (χ4n) is 8.44. The van der Waals surface area contributed by atoms with Crippen molar-refractivity contribution in [3.8, 4) is 0 Å². The van der Waals surface area contributed by atoms with Gasteiger partial charge < -0.3 is 5.11 Å². The summed E-state index contributed by atoms with van der Waals surface area (Å²) >= 11 is 0. The Kier molecular flexibility index (Phi) is 11.0. The van der Waals surface area contributed by atoms with E-state index in [1.54, 1.807) is 0 Å². The van der Waals surface area contributed by atoms with Crippen LogP contribution in [0.1, 0.15) is 147 Å². The van der Waals surface area contributed by atoms with Crippen LogP contribution in [0.3, 0.4) is 0 Å².